The first kappa shape index (κ1) is 23.0. The van der Waals surface area contributed by atoms with Gasteiger partial charge in [0.05, 0.1) is 18.8 Å². The lowest BCUT2D eigenvalue weighted by atomic mass is 10.1. The molecule has 0 atom stereocenters. The van der Waals surface area contributed by atoms with Gasteiger partial charge in [-0.25, -0.2) is 4.99 Å². The first-order valence-electron chi connectivity index (χ1n) is 8.93. The SMILES string of the molecule is CCNC(=NCc1cc2c(cc1OC(F)F)OCO2)NCc1cc(CC)no1.I. The van der Waals surface area contributed by atoms with E-state index in [1.54, 1.807) is 6.07 Å². The standard InChI is InChI=1S/C18H22F2N4O4.HI/c1-3-12-6-13(28-24-12)9-23-18(21-4-2)22-8-11-5-15-16(26-10-25-15)7-14(11)27-17(19)20;/h5-7,17H,3-4,8-10H2,1-2H3,(H2,21,22,23);1H. The lowest BCUT2D eigenvalue weighted by molar-refractivity contribution is -0.0505. The summed E-state index contributed by atoms with van der Waals surface area (Å²) in [6.07, 6.45) is 0.786. The van der Waals surface area contributed by atoms with Gasteiger partial charge in [0.2, 0.25) is 6.79 Å². The summed E-state index contributed by atoms with van der Waals surface area (Å²) in [4.78, 5) is 4.43. The van der Waals surface area contributed by atoms with Gasteiger partial charge in [-0.1, -0.05) is 12.1 Å². The monoisotopic (exact) mass is 524 g/mol. The van der Waals surface area contributed by atoms with Crippen molar-refractivity contribution in [2.75, 3.05) is 13.3 Å². The number of aromatic nitrogens is 1. The van der Waals surface area contributed by atoms with Gasteiger partial charge in [-0.3, -0.25) is 0 Å². The van der Waals surface area contributed by atoms with Crippen molar-refractivity contribution in [3.63, 3.8) is 0 Å². The molecule has 1 aromatic carbocycles. The smallest absolute Gasteiger partial charge is 0.387 e. The molecule has 3 rings (SSSR count). The first-order valence-corrected chi connectivity index (χ1v) is 8.93. The second-order valence-electron chi connectivity index (χ2n) is 5.88. The predicted octanol–water partition coefficient (Wildman–Crippen LogP) is 3.44. The van der Waals surface area contributed by atoms with Crippen molar-refractivity contribution in [2.45, 2.75) is 40.0 Å². The molecule has 0 bridgehead atoms. The molecule has 160 valence electrons. The first-order chi connectivity index (χ1) is 13.6. The minimum absolute atomic E-state index is 0. The molecule has 0 aliphatic carbocycles. The van der Waals surface area contributed by atoms with Crippen molar-refractivity contribution in [1.29, 1.82) is 0 Å². The maximum Gasteiger partial charge on any atom is 0.387 e. The van der Waals surface area contributed by atoms with Gasteiger partial charge in [-0.2, -0.15) is 8.78 Å². The zero-order valence-electron chi connectivity index (χ0n) is 16.0. The number of aliphatic imine (C=N–C) groups is 1. The number of guanidine groups is 1. The van der Waals surface area contributed by atoms with Crippen LogP contribution in [0.5, 0.6) is 17.2 Å². The van der Waals surface area contributed by atoms with Crippen molar-refractivity contribution in [3.8, 4) is 17.2 Å². The molecule has 29 heavy (non-hydrogen) atoms. The molecule has 0 spiro atoms. The third kappa shape index (κ3) is 6.34. The number of hydrogen-bond donors (Lipinski definition) is 2. The van der Waals surface area contributed by atoms with Crippen LogP contribution >= 0.6 is 24.0 Å². The summed E-state index contributed by atoms with van der Waals surface area (Å²) in [6, 6.07) is 4.85. The van der Waals surface area contributed by atoms with Crippen LogP contribution in [0.3, 0.4) is 0 Å². The Balaban J connectivity index is 0.00000300. The van der Waals surface area contributed by atoms with E-state index in [1.807, 2.05) is 19.9 Å². The zero-order chi connectivity index (χ0) is 19.9. The number of nitrogens with one attached hydrogen (secondary N) is 2. The Labute approximate surface area is 184 Å². The maximum atomic E-state index is 12.7. The Kier molecular flexibility index (Phi) is 8.73. The molecular formula is C18H23F2IN4O4. The van der Waals surface area contributed by atoms with Crippen LogP contribution < -0.4 is 24.8 Å². The van der Waals surface area contributed by atoms with Crippen LogP contribution in [0.4, 0.5) is 8.78 Å². The van der Waals surface area contributed by atoms with Gasteiger partial charge in [-0.05, 0) is 19.4 Å². The highest BCUT2D eigenvalue weighted by Gasteiger charge is 2.20. The molecule has 2 heterocycles. The number of rotatable bonds is 8. The van der Waals surface area contributed by atoms with Crippen LogP contribution in [-0.4, -0.2) is 31.1 Å². The molecular weight excluding hydrogens is 501 g/mol. The maximum absolute atomic E-state index is 12.7. The highest BCUT2D eigenvalue weighted by molar-refractivity contribution is 14.0. The van der Waals surface area contributed by atoms with Gasteiger partial charge in [0.15, 0.2) is 23.2 Å². The van der Waals surface area contributed by atoms with E-state index < -0.39 is 6.61 Å². The van der Waals surface area contributed by atoms with E-state index in [1.165, 1.54) is 6.07 Å². The summed E-state index contributed by atoms with van der Waals surface area (Å²) in [5.74, 6) is 2.01. The molecule has 2 aromatic rings. The summed E-state index contributed by atoms with van der Waals surface area (Å²) < 4.78 is 45.8. The molecule has 2 N–H and O–H groups in total. The molecule has 0 saturated heterocycles. The van der Waals surface area contributed by atoms with E-state index in [2.05, 4.69) is 25.5 Å². The van der Waals surface area contributed by atoms with Crippen molar-refractivity contribution < 1.29 is 27.5 Å². The quantitative estimate of drug-likeness (QED) is 0.311. The average molecular weight is 524 g/mol. The highest BCUT2D eigenvalue weighted by Crippen LogP contribution is 2.39. The average Bonchev–Trinajstić information content (AvgIpc) is 3.32. The van der Waals surface area contributed by atoms with E-state index in [4.69, 9.17) is 14.0 Å². The molecule has 1 aliphatic rings. The molecule has 0 amide bonds. The van der Waals surface area contributed by atoms with Crippen LogP contribution in [0.2, 0.25) is 0 Å². The fraction of sp³-hybridized carbons (Fsp3) is 0.444. The minimum Gasteiger partial charge on any atom is -0.454 e. The van der Waals surface area contributed by atoms with E-state index in [9.17, 15) is 8.78 Å². The molecule has 8 nitrogen and oxygen atoms in total. The van der Waals surface area contributed by atoms with Gasteiger partial charge in [-0.15, -0.1) is 24.0 Å². The highest BCUT2D eigenvalue weighted by atomic mass is 127. The number of benzene rings is 1. The number of halogens is 3. The van der Waals surface area contributed by atoms with Crippen LogP contribution in [0.1, 0.15) is 30.9 Å². The third-order valence-electron chi connectivity index (χ3n) is 3.92. The summed E-state index contributed by atoms with van der Waals surface area (Å²) in [6.45, 7) is 2.12. The van der Waals surface area contributed by atoms with E-state index in [-0.39, 0.29) is 43.1 Å². The zero-order valence-corrected chi connectivity index (χ0v) is 18.4. The second kappa shape index (κ2) is 11.0. The third-order valence-corrected chi connectivity index (χ3v) is 3.92. The lowest BCUT2D eigenvalue weighted by Gasteiger charge is -2.13. The van der Waals surface area contributed by atoms with Crippen LogP contribution in [0.25, 0.3) is 0 Å². The van der Waals surface area contributed by atoms with Crippen LogP contribution in [-0.2, 0) is 19.5 Å². The Morgan fingerprint density at radius 2 is 1.97 bits per heavy atom. The molecule has 11 heteroatoms. The number of hydrogen-bond acceptors (Lipinski definition) is 6. The van der Waals surface area contributed by atoms with Crippen LogP contribution in [0.15, 0.2) is 27.7 Å². The Hall–Kier alpha value is -2.31. The number of nitrogens with zero attached hydrogens (tertiary/aromatic N) is 2. The largest absolute Gasteiger partial charge is 0.454 e. The van der Waals surface area contributed by atoms with Gasteiger partial charge in [0.1, 0.15) is 5.75 Å². The Morgan fingerprint density at radius 3 is 2.62 bits per heavy atom. The van der Waals surface area contributed by atoms with Crippen molar-refractivity contribution in [3.05, 3.63) is 35.2 Å². The van der Waals surface area contributed by atoms with Gasteiger partial charge < -0.3 is 29.4 Å². The molecule has 1 aromatic heterocycles. The minimum atomic E-state index is -2.95. The van der Waals surface area contributed by atoms with E-state index >= 15 is 0 Å². The predicted molar refractivity (Wildman–Crippen MR) is 112 cm³/mol. The molecule has 1 aliphatic heterocycles. The molecule has 0 saturated carbocycles. The number of fused-ring (bicyclic) bond motifs is 1. The number of alkyl halides is 2. The lowest BCUT2D eigenvalue weighted by Crippen LogP contribution is -2.36. The fourth-order valence-electron chi connectivity index (χ4n) is 2.58. The topological polar surface area (TPSA) is 90.1 Å². The summed E-state index contributed by atoms with van der Waals surface area (Å²) in [5.41, 5.74) is 1.32. The van der Waals surface area contributed by atoms with Gasteiger partial charge in [0, 0.05) is 24.2 Å². The van der Waals surface area contributed by atoms with Crippen molar-refractivity contribution in [2.24, 2.45) is 4.99 Å². The Morgan fingerprint density at radius 1 is 1.21 bits per heavy atom. The number of ether oxygens (including phenoxy) is 3. The molecule has 0 unspecified atom stereocenters. The van der Waals surface area contributed by atoms with E-state index in [0.717, 1.165) is 12.1 Å². The van der Waals surface area contributed by atoms with Gasteiger partial charge >= 0.3 is 6.61 Å². The van der Waals surface area contributed by atoms with E-state index in [0.29, 0.717) is 41.9 Å². The fourth-order valence-corrected chi connectivity index (χ4v) is 2.58. The molecule has 0 fully saturated rings. The summed E-state index contributed by atoms with van der Waals surface area (Å²) in [5, 5.41) is 10.1. The summed E-state index contributed by atoms with van der Waals surface area (Å²) in [7, 11) is 0. The van der Waals surface area contributed by atoms with Crippen molar-refractivity contribution in [1.82, 2.24) is 15.8 Å². The Bertz CT molecular complexity index is 832. The number of aryl methyl sites for hydroxylation is 1. The normalized spacial score (nSPS) is 12.7. The van der Waals surface area contributed by atoms with Crippen LogP contribution in [0, 0.1) is 0 Å². The van der Waals surface area contributed by atoms with Crippen molar-refractivity contribution >= 4 is 29.9 Å². The molecule has 0 radical (unpaired) electrons. The van der Waals surface area contributed by atoms with Gasteiger partial charge in [0.25, 0.3) is 0 Å². The second-order valence-corrected chi connectivity index (χ2v) is 5.88. The summed E-state index contributed by atoms with van der Waals surface area (Å²) >= 11 is 0.